The van der Waals surface area contributed by atoms with E-state index in [1.807, 2.05) is 12.1 Å². The molecule has 0 amide bonds. The zero-order valence-corrected chi connectivity index (χ0v) is 13.0. The number of ether oxygens (including phenoxy) is 1. The van der Waals surface area contributed by atoms with Crippen molar-refractivity contribution >= 4 is 17.6 Å². The first kappa shape index (κ1) is 16.0. The van der Waals surface area contributed by atoms with Gasteiger partial charge in [-0.1, -0.05) is 45.0 Å². The Balaban J connectivity index is 2.87. The first-order valence-electron chi connectivity index (χ1n) is 6.68. The molecule has 0 bridgehead atoms. The van der Waals surface area contributed by atoms with Gasteiger partial charge in [0.05, 0.1) is 0 Å². The highest BCUT2D eigenvalue weighted by molar-refractivity contribution is 6.17. The minimum atomic E-state index is -0.250. The van der Waals surface area contributed by atoms with Gasteiger partial charge in [-0.2, -0.15) is 0 Å². The van der Waals surface area contributed by atoms with Gasteiger partial charge in [0.2, 0.25) is 0 Å². The fourth-order valence-electron chi connectivity index (χ4n) is 1.95. The number of benzene rings is 1. The maximum Gasteiger partial charge on any atom is 0.303 e. The van der Waals surface area contributed by atoms with Crippen LogP contribution >= 0.6 is 11.6 Å². The molecule has 0 spiro atoms. The van der Waals surface area contributed by atoms with Crippen molar-refractivity contribution in [2.75, 3.05) is 5.88 Å². The van der Waals surface area contributed by atoms with Crippen molar-refractivity contribution in [2.45, 2.75) is 52.1 Å². The summed E-state index contributed by atoms with van der Waals surface area (Å²) >= 11 is 5.71. The summed E-state index contributed by atoms with van der Waals surface area (Å²) in [5, 5.41) is 0. The van der Waals surface area contributed by atoms with Crippen LogP contribution in [0.25, 0.3) is 0 Å². The Kier molecular flexibility index (Phi) is 5.86. The standard InChI is InChI=1S/C16H23ClO2/c1-12(18)19-15(6-5-11-17)13-7-9-14(10-8-13)16(2,3)4/h7-10,15H,5-6,11H2,1-4H3. The maximum absolute atomic E-state index is 11.2. The molecule has 2 nitrogen and oxygen atoms in total. The molecule has 1 rings (SSSR count). The molecular weight excluding hydrogens is 260 g/mol. The SMILES string of the molecule is CC(=O)OC(CCCCl)c1ccc(C(C)(C)C)cc1. The Morgan fingerprint density at radius 1 is 1.26 bits per heavy atom. The number of hydrogen-bond donors (Lipinski definition) is 0. The van der Waals surface area contributed by atoms with Gasteiger partial charge in [-0.25, -0.2) is 0 Å². The van der Waals surface area contributed by atoms with E-state index in [-0.39, 0.29) is 17.5 Å². The highest BCUT2D eigenvalue weighted by Crippen LogP contribution is 2.27. The lowest BCUT2D eigenvalue weighted by molar-refractivity contribution is -0.147. The normalized spacial score (nSPS) is 13.1. The molecule has 3 heteroatoms. The van der Waals surface area contributed by atoms with Crippen molar-refractivity contribution in [2.24, 2.45) is 0 Å². The van der Waals surface area contributed by atoms with Crippen LogP contribution in [0.2, 0.25) is 0 Å². The van der Waals surface area contributed by atoms with E-state index in [4.69, 9.17) is 16.3 Å². The van der Waals surface area contributed by atoms with Crippen LogP contribution in [-0.4, -0.2) is 11.8 Å². The van der Waals surface area contributed by atoms with Crippen molar-refractivity contribution in [1.82, 2.24) is 0 Å². The third kappa shape index (κ3) is 5.23. The molecule has 1 aromatic carbocycles. The third-order valence-corrected chi connectivity index (χ3v) is 3.32. The van der Waals surface area contributed by atoms with E-state index < -0.39 is 0 Å². The summed E-state index contributed by atoms with van der Waals surface area (Å²) in [5.74, 6) is 0.331. The van der Waals surface area contributed by atoms with Gasteiger partial charge in [0.25, 0.3) is 0 Å². The van der Waals surface area contributed by atoms with E-state index in [0.29, 0.717) is 5.88 Å². The van der Waals surface area contributed by atoms with Crippen LogP contribution in [0.5, 0.6) is 0 Å². The zero-order chi connectivity index (χ0) is 14.5. The Bertz CT molecular complexity index is 404. The van der Waals surface area contributed by atoms with Gasteiger partial charge in [-0.05, 0) is 29.4 Å². The van der Waals surface area contributed by atoms with E-state index in [1.54, 1.807) is 0 Å². The van der Waals surface area contributed by atoms with Crippen LogP contribution in [0, 0.1) is 0 Å². The molecule has 106 valence electrons. The molecule has 0 fully saturated rings. The lowest BCUT2D eigenvalue weighted by Gasteiger charge is -2.21. The summed E-state index contributed by atoms with van der Waals surface area (Å²) < 4.78 is 5.37. The Labute approximate surface area is 121 Å². The number of esters is 1. The van der Waals surface area contributed by atoms with Crippen LogP contribution in [0.15, 0.2) is 24.3 Å². The summed E-state index contributed by atoms with van der Waals surface area (Å²) in [5.41, 5.74) is 2.44. The third-order valence-electron chi connectivity index (χ3n) is 3.06. The van der Waals surface area contributed by atoms with Gasteiger partial charge >= 0.3 is 5.97 Å². The molecule has 0 radical (unpaired) electrons. The van der Waals surface area contributed by atoms with E-state index in [2.05, 4.69) is 32.9 Å². The topological polar surface area (TPSA) is 26.3 Å². The summed E-state index contributed by atoms with van der Waals surface area (Å²) in [7, 11) is 0. The van der Waals surface area contributed by atoms with Crippen molar-refractivity contribution in [3.8, 4) is 0 Å². The zero-order valence-electron chi connectivity index (χ0n) is 12.2. The molecular formula is C16H23ClO2. The number of alkyl halides is 1. The molecule has 0 heterocycles. The number of hydrogen-bond acceptors (Lipinski definition) is 2. The number of rotatable bonds is 5. The first-order chi connectivity index (χ1) is 8.84. The van der Waals surface area contributed by atoms with Crippen molar-refractivity contribution in [1.29, 1.82) is 0 Å². The molecule has 19 heavy (non-hydrogen) atoms. The number of carbonyl (C=O) groups is 1. The van der Waals surface area contributed by atoms with E-state index in [9.17, 15) is 4.79 Å². The fraction of sp³-hybridized carbons (Fsp3) is 0.562. The largest absolute Gasteiger partial charge is 0.458 e. The summed E-state index contributed by atoms with van der Waals surface area (Å²) in [6.07, 6.45) is 1.41. The Morgan fingerprint density at radius 2 is 1.84 bits per heavy atom. The predicted molar refractivity (Wildman–Crippen MR) is 79.6 cm³/mol. The van der Waals surface area contributed by atoms with Gasteiger partial charge in [0.15, 0.2) is 0 Å². The molecule has 0 aliphatic heterocycles. The minimum absolute atomic E-state index is 0.131. The van der Waals surface area contributed by atoms with Gasteiger partial charge in [0, 0.05) is 12.8 Å². The van der Waals surface area contributed by atoms with Gasteiger partial charge in [-0.15, -0.1) is 11.6 Å². The smallest absolute Gasteiger partial charge is 0.303 e. The highest BCUT2D eigenvalue weighted by atomic mass is 35.5. The van der Waals surface area contributed by atoms with Gasteiger partial charge < -0.3 is 4.74 Å². The summed E-state index contributed by atoms with van der Waals surface area (Å²) in [6.45, 7) is 7.98. The van der Waals surface area contributed by atoms with E-state index in [0.717, 1.165) is 18.4 Å². The van der Waals surface area contributed by atoms with E-state index in [1.165, 1.54) is 12.5 Å². The number of halogens is 1. The van der Waals surface area contributed by atoms with Crippen molar-refractivity contribution in [3.05, 3.63) is 35.4 Å². The van der Waals surface area contributed by atoms with Crippen LogP contribution < -0.4 is 0 Å². The van der Waals surface area contributed by atoms with Crippen LogP contribution in [-0.2, 0) is 14.9 Å². The lowest BCUT2D eigenvalue weighted by atomic mass is 9.86. The molecule has 0 N–H and O–H groups in total. The molecule has 0 aliphatic rings. The van der Waals surface area contributed by atoms with Crippen molar-refractivity contribution < 1.29 is 9.53 Å². The summed E-state index contributed by atoms with van der Waals surface area (Å²) in [4.78, 5) is 11.2. The second kappa shape index (κ2) is 6.95. The minimum Gasteiger partial charge on any atom is -0.458 e. The maximum atomic E-state index is 11.2. The predicted octanol–water partition coefficient (Wildman–Crippen LogP) is 4.61. The second-order valence-corrected chi connectivity index (χ2v) is 6.18. The Hall–Kier alpha value is -1.02. The van der Waals surface area contributed by atoms with Crippen LogP contribution in [0.4, 0.5) is 0 Å². The second-order valence-electron chi connectivity index (χ2n) is 5.80. The molecule has 0 saturated heterocycles. The quantitative estimate of drug-likeness (QED) is 0.582. The van der Waals surface area contributed by atoms with Crippen LogP contribution in [0.3, 0.4) is 0 Å². The molecule has 1 atom stereocenters. The summed E-state index contributed by atoms with van der Waals surface area (Å²) in [6, 6.07) is 8.30. The molecule has 1 aromatic rings. The average Bonchev–Trinajstić information content (AvgIpc) is 2.33. The molecule has 0 aromatic heterocycles. The first-order valence-corrected chi connectivity index (χ1v) is 7.21. The fourth-order valence-corrected chi connectivity index (χ4v) is 2.11. The van der Waals surface area contributed by atoms with Gasteiger partial charge in [0.1, 0.15) is 6.10 Å². The van der Waals surface area contributed by atoms with Crippen molar-refractivity contribution in [3.63, 3.8) is 0 Å². The molecule has 1 unspecified atom stereocenters. The number of carbonyl (C=O) groups excluding carboxylic acids is 1. The van der Waals surface area contributed by atoms with E-state index >= 15 is 0 Å². The lowest BCUT2D eigenvalue weighted by Crippen LogP contribution is -2.12. The Morgan fingerprint density at radius 3 is 2.26 bits per heavy atom. The van der Waals surface area contributed by atoms with Gasteiger partial charge in [-0.3, -0.25) is 4.79 Å². The monoisotopic (exact) mass is 282 g/mol. The highest BCUT2D eigenvalue weighted by Gasteiger charge is 2.17. The average molecular weight is 283 g/mol. The van der Waals surface area contributed by atoms with Crippen LogP contribution in [0.1, 0.15) is 57.8 Å². The molecule has 0 saturated carbocycles. The molecule has 0 aliphatic carbocycles.